The van der Waals surface area contributed by atoms with Crippen LogP contribution in [0.4, 0.5) is 0 Å². The molecule has 0 bridgehead atoms. The van der Waals surface area contributed by atoms with Gasteiger partial charge in [0.1, 0.15) is 0 Å². The van der Waals surface area contributed by atoms with E-state index in [4.69, 9.17) is 4.74 Å². The number of nitrogens with one attached hydrogen (secondary N) is 1. The summed E-state index contributed by atoms with van der Waals surface area (Å²) in [7, 11) is 0. The second-order valence-corrected chi connectivity index (χ2v) is 4.10. The normalized spacial score (nSPS) is 17.1. The number of hydrogen-bond donors (Lipinski definition) is 2. The average molecular weight is 238 g/mol. The van der Waals surface area contributed by atoms with Crippen molar-refractivity contribution in [3.63, 3.8) is 0 Å². The minimum absolute atomic E-state index is 0.0877. The van der Waals surface area contributed by atoms with Gasteiger partial charge in [-0.1, -0.05) is 0 Å². The monoisotopic (exact) mass is 238 g/mol. The van der Waals surface area contributed by atoms with E-state index in [1.165, 1.54) is 0 Å². The Labute approximate surface area is 100.0 Å². The fourth-order valence-electron chi connectivity index (χ4n) is 1.50. The lowest BCUT2D eigenvalue weighted by molar-refractivity contribution is 0.0126. The van der Waals surface area contributed by atoms with Gasteiger partial charge in [0.2, 0.25) is 0 Å². The zero-order valence-corrected chi connectivity index (χ0v) is 9.74. The van der Waals surface area contributed by atoms with Crippen LogP contribution in [-0.4, -0.2) is 37.2 Å². The Morgan fingerprint density at radius 1 is 1.25 bits per heavy atom. The van der Waals surface area contributed by atoms with E-state index in [1.54, 1.807) is 24.3 Å². The molecule has 1 saturated heterocycles. The molecular formula is C11H14N2O2S. The van der Waals surface area contributed by atoms with Crippen molar-refractivity contribution in [3.05, 3.63) is 29.8 Å². The van der Waals surface area contributed by atoms with Crippen LogP contribution >= 0.6 is 12.6 Å². The number of carbonyl (C=O) groups is 1. The molecule has 5 heteroatoms. The highest BCUT2D eigenvalue weighted by Crippen LogP contribution is 2.07. The SMILES string of the molecule is O=C(NN1CCOCC1)c1ccc(S)cc1. The molecule has 1 aromatic carbocycles. The highest BCUT2D eigenvalue weighted by Gasteiger charge is 2.13. The maximum absolute atomic E-state index is 11.8. The average Bonchev–Trinajstić information content (AvgIpc) is 2.31. The number of carbonyl (C=O) groups excluding carboxylic acids is 1. The van der Waals surface area contributed by atoms with Crippen LogP contribution in [0.5, 0.6) is 0 Å². The van der Waals surface area contributed by atoms with Crippen molar-refractivity contribution in [2.75, 3.05) is 26.3 Å². The summed E-state index contributed by atoms with van der Waals surface area (Å²) in [5.74, 6) is -0.0877. The van der Waals surface area contributed by atoms with Gasteiger partial charge in [-0.2, -0.15) is 0 Å². The molecule has 1 aromatic rings. The number of hydrogen-bond acceptors (Lipinski definition) is 4. The van der Waals surface area contributed by atoms with E-state index >= 15 is 0 Å². The number of rotatable bonds is 2. The topological polar surface area (TPSA) is 41.6 Å². The molecule has 1 aliphatic rings. The zero-order valence-electron chi connectivity index (χ0n) is 8.85. The molecule has 0 aliphatic carbocycles. The third kappa shape index (κ3) is 2.98. The van der Waals surface area contributed by atoms with Crippen LogP contribution in [0.25, 0.3) is 0 Å². The maximum Gasteiger partial charge on any atom is 0.265 e. The summed E-state index contributed by atoms with van der Waals surface area (Å²) in [6.45, 7) is 2.79. The number of ether oxygens (including phenoxy) is 1. The van der Waals surface area contributed by atoms with E-state index in [-0.39, 0.29) is 5.91 Å². The summed E-state index contributed by atoms with van der Waals surface area (Å²) >= 11 is 4.17. The molecule has 16 heavy (non-hydrogen) atoms. The van der Waals surface area contributed by atoms with Crippen molar-refractivity contribution in [2.24, 2.45) is 0 Å². The minimum Gasteiger partial charge on any atom is -0.379 e. The van der Waals surface area contributed by atoms with Crippen molar-refractivity contribution in [2.45, 2.75) is 4.90 Å². The lowest BCUT2D eigenvalue weighted by Gasteiger charge is -2.26. The molecule has 0 saturated carbocycles. The van der Waals surface area contributed by atoms with Gasteiger partial charge in [0.25, 0.3) is 5.91 Å². The van der Waals surface area contributed by atoms with Gasteiger partial charge in [0.05, 0.1) is 13.2 Å². The van der Waals surface area contributed by atoms with Crippen LogP contribution in [0.3, 0.4) is 0 Å². The number of hydrazine groups is 1. The highest BCUT2D eigenvalue weighted by atomic mass is 32.1. The zero-order chi connectivity index (χ0) is 11.4. The second kappa shape index (κ2) is 5.34. The van der Waals surface area contributed by atoms with Crippen LogP contribution in [0.15, 0.2) is 29.2 Å². The molecule has 0 unspecified atom stereocenters. The van der Waals surface area contributed by atoms with Crippen LogP contribution in [-0.2, 0) is 4.74 Å². The van der Waals surface area contributed by atoms with Crippen molar-refractivity contribution in [1.82, 2.24) is 10.4 Å². The molecule has 0 aromatic heterocycles. The molecule has 1 N–H and O–H groups in total. The number of thiol groups is 1. The lowest BCUT2D eigenvalue weighted by Crippen LogP contribution is -2.48. The van der Waals surface area contributed by atoms with Crippen molar-refractivity contribution in [3.8, 4) is 0 Å². The molecule has 0 spiro atoms. The quantitative estimate of drug-likeness (QED) is 0.754. The molecule has 4 nitrogen and oxygen atoms in total. The first-order valence-electron chi connectivity index (χ1n) is 5.18. The Kier molecular flexibility index (Phi) is 3.82. The smallest absolute Gasteiger partial charge is 0.265 e. The van der Waals surface area contributed by atoms with Crippen molar-refractivity contribution in [1.29, 1.82) is 0 Å². The predicted octanol–water partition coefficient (Wildman–Crippen LogP) is 0.952. The van der Waals surface area contributed by atoms with Crippen LogP contribution < -0.4 is 5.43 Å². The summed E-state index contributed by atoms with van der Waals surface area (Å²) in [6.07, 6.45) is 0. The third-order valence-electron chi connectivity index (χ3n) is 2.40. The largest absolute Gasteiger partial charge is 0.379 e. The third-order valence-corrected chi connectivity index (χ3v) is 2.70. The molecule has 1 amide bonds. The molecule has 86 valence electrons. The van der Waals surface area contributed by atoms with Crippen LogP contribution in [0.1, 0.15) is 10.4 Å². The first kappa shape index (κ1) is 11.4. The van der Waals surface area contributed by atoms with E-state index in [2.05, 4.69) is 18.1 Å². The molecule has 0 radical (unpaired) electrons. The molecule has 1 aliphatic heterocycles. The van der Waals surface area contributed by atoms with Gasteiger partial charge < -0.3 is 4.74 Å². The molecule has 1 heterocycles. The minimum atomic E-state index is -0.0877. The number of nitrogens with zero attached hydrogens (tertiary/aromatic N) is 1. The number of benzene rings is 1. The first-order chi connectivity index (χ1) is 7.75. The van der Waals surface area contributed by atoms with E-state index in [1.807, 2.05) is 5.01 Å². The van der Waals surface area contributed by atoms with E-state index < -0.39 is 0 Å². The summed E-state index contributed by atoms with van der Waals surface area (Å²) in [4.78, 5) is 12.7. The van der Waals surface area contributed by atoms with Gasteiger partial charge in [-0.25, -0.2) is 5.01 Å². The van der Waals surface area contributed by atoms with Crippen molar-refractivity contribution >= 4 is 18.5 Å². The van der Waals surface area contributed by atoms with Gasteiger partial charge >= 0.3 is 0 Å². The second-order valence-electron chi connectivity index (χ2n) is 3.59. The Bertz CT molecular complexity index is 361. The van der Waals surface area contributed by atoms with Gasteiger partial charge in [-0.05, 0) is 24.3 Å². The van der Waals surface area contributed by atoms with Crippen LogP contribution in [0, 0.1) is 0 Å². The molecule has 0 atom stereocenters. The highest BCUT2D eigenvalue weighted by molar-refractivity contribution is 7.80. The Morgan fingerprint density at radius 3 is 2.50 bits per heavy atom. The van der Waals surface area contributed by atoms with E-state index in [0.29, 0.717) is 18.8 Å². The Hall–Kier alpha value is -1.04. The summed E-state index contributed by atoms with van der Waals surface area (Å²) in [5.41, 5.74) is 3.49. The van der Waals surface area contributed by atoms with E-state index in [0.717, 1.165) is 18.0 Å². The Balaban J connectivity index is 1.94. The van der Waals surface area contributed by atoms with Gasteiger partial charge in [0, 0.05) is 23.5 Å². The number of morpholine rings is 1. The van der Waals surface area contributed by atoms with Gasteiger partial charge in [-0.15, -0.1) is 12.6 Å². The fraction of sp³-hybridized carbons (Fsp3) is 0.364. The lowest BCUT2D eigenvalue weighted by atomic mass is 10.2. The van der Waals surface area contributed by atoms with E-state index in [9.17, 15) is 4.79 Å². The Morgan fingerprint density at radius 2 is 1.88 bits per heavy atom. The summed E-state index contributed by atoms with van der Waals surface area (Å²) < 4.78 is 5.20. The fourth-order valence-corrected chi connectivity index (χ4v) is 1.65. The summed E-state index contributed by atoms with van der Waals surface area (Å²) in [6, 6.07) is 7.13. The molecule has 1 fully saturated rings. The van der Waals surface area contributed by atoms with Gasteiger partial charge in [0.15, 0.2) is 0 Å². The van der Waals surface area contributed by atoms with Gasteiger partial charge in [-0.3, -0.25) is 10.2 Å². The maximum atomic E-state index is 11.8. The predicted molar refractivity (Wildman–Crippen MR) is 63.6 cm³/mol. The summed E-state index contributed by atoms with van der Waals surface area (Å²) in [5, 5.41) is 1.88. The molecule has 2 rings (SSSR count). The first-order valence-corrected chi connectivity index (χ1v) is 5.63. The molecular weight excluding hydrogens is 224 g/mol. The standard InChI is InChI=1S/C11H14N2O2S/c14-11(9-1-3-10(16)4-2-9)12-13-5-7-15-8-6-13/h1-4,16H,5-8H2,(H,12,14). The number of amides is 1. The van der Waals surface area contributed by atoms with Crippen molar-refractivity contribution < 1.29 is 9.53 Å². The van der Waals surface area contributed by atoms with Crippen LogP contribution in [0.2, 0.25) is 0 Å².